The van der Waals surface area contributed by atoms with Crippen LogP contribution in [0.1, 0.15) is 271 Å². The van der Waals surface area contributed by atoms with Gasteiger partial charge in [-0.3, -0.25) is 9.18 Å². The van der Waals surface area contributed by atoms with Crippen molar-refractivity contribution in [3.8, 4) is 23.0 Å². The van der Waals surface area contributed by atoms with Gasteiger partial charge in [0.05, 0.1) is 43.6 Å². The van der Waals surface area contributed by atoms with Crippen molar-refractivity contribution in [1.82, 2.24) is 9.15 Å². The van der Waals surface area contributed by atoms with Crippen molar-refractivity contribution < 1.29 is 213 Å². The number of carboxylic acids is 1. The summed E-state index contributed by atoms with van der Waals surface area (Å²) in [6, 6.07) is 7.48. The van der Waals surface area contributed by atoms with Crippen LogP contribution in [0.4, 0.5) is 50.9 Å². The zero-order valence-corrected chi connectivity index (χ0v) is 77.8. The molecule has 6 aromatic rings. The van der Waals surface area contributed by atoms with Gasteiger partial charge in [-0.05, 0) is 117 Å². The molecule has 0 amide bonds. The summed E-state index contributed by atoms with van der Waals surface area (Å²) in [5.74, 6) is -16.8. The summed E-state index contributed by atoms with van der Waals surface area (Å²) >= 11 is 2.47. The fourth-order valence-electron chi connectivity index (χ4n) is 18.5. The number of aryl methyl sites for hydroxylation is 2. The Hall–Kier alpha value is -4.19. The van der Waals surface area contributed by atoms with Crippen molar-refractivity contribution >= 4 is 63.5 Å². The Balaban J connectivity index is 0.000000237. The van der Waals surface area contributed by atoms with Gasteiger partial charge < -0.3 is 69.5 Å². The van der Waals surface area contributed by atoms with Crippen LogP contribution in [0.25, 0.3) is 11.1 Å². The second-order valence-electron chi connectivity index (χ2n) is 30.8. The van der Waals surface area contributed by atoms with Crippen LogP contribution in [0.15, 0.2) is 48.8 Å². The summed E-state index contributed by atoms with van der Waals surface area (Å²) in [7, 11) is -1.00. The molecule has 0 saturated carbocycles. The van der Waals surface area contributed by atoms with E-state index in [-0.39, 0.29) is 152 Å². The number of anilines is 2. The van der Waals surface area contributed by atoms with Gasteiger partial charge in [0.1, 0.15) is 54.7 Å². The molecule has 0 N–H and O–H groups in total. The number of unbranched alkanes of at least 4 members (excludes halogenated alkanes) is 18. The number of halogens is 11. The van der Waals surface area contributed by atoms with Gasteiger partial charge >= 0.3 is 109 Å². The van der Waals surface area contributed by atoms with E-state index in [1.165, 1.54) is 101 Å². The molecule has 16 rings (SSSR count). The predicted octanol–water partition coefficient (Wildman–Crippen LogP) is 7.53. The predicted molar refractivity (Wildman–Crippen MR) is 425 cm³/mol. The van der Waals surface area contributed by atoms with E-state index < -0.39 is 87.9 Å². The molecule has 0 radical (unpaired) electrons. The number of hydrogen-bond acceptors (Lipinski definition) is 11. The van der Waals surface area contributed by atoms with Gasteiger partial charge in [0.25, 0.3) is 6.47 Å². The van der Waals surface area contributed by atoms with Crippen LogP contribution in [0.2, 0.25) is 0 Å². The fraction of sp³-hybridized carbons (Fsp3) is 0.500. The molecule has 10 heterocycles. The third kappa shape index (κ3) is 20.5. The van der Waals surface area contributed by atoms with Gasteiger partial charge in [-0.25, -0.2) is 49.1 Å². The van der Waals surface area contributed by atoms with Crippen molar-refractivity contribution in [3.63, 3.8) is 0 Å². The van der Waals surface area contributed by atoms with Gasteiger partial charge in [-0.2, -0.15) is 0 Å². The Morgan fingerprint density at radius 1 is 0.517 bits per heavy atom. The van der Waals surface area contributed by atoms with E-state index in [4.69, 9.17) is 25.6 Å². The van der Waals surface area contributed by atoms with Gasteiger partial charge in [0.2, 0.25) is 10.7 Å². The van der Waals surface area contributed by atoms with Crippen LogP contribution in [-0.4, -0.2) is 75.9 Å². The number of carboxylic acid groups (broad SMARTS) is 1. The molecule has 13 nitrogen and oxygen atoms in total. The van der Waals surface area contributed by atoms with Gasteiger partial charge in [0, 0.05) is 123 Å². The Morgan fingerprint density at radius 2 is 0.879 bits per heavy atom. The normalized spacial score (nSPS) is 15.4. The van der Waals surface area contributed by atoms with E-state index in [0.29, 0.717) is 83.1 Å². The summed E-state index contributed by atoms with van der Waals surface area (Å²) in [4.78, 5) is 41.7. The second-order valence-corrected chi connectivity index (χ2v) is 31.8. The molecule has 6 aromatic carbocycles. The van der Waals surface area contributed by atoms with E-state index in [9.17, 15) is 27.9 Å². The van der Waals surface area contributed by atoms with E-state index in [1.807, 2.05) is 30.5 Å². The summed E-state index contributed by atoms with van der Waals surface area (Å²) in [5, 5.41) is 23.7. The van der Waals surface area contributed by atoms with Crippen LogP contribution in [-0.2, 0) is 65.8 Å². The Kier molecular flexibility index (Phi) is 37.1. The molecule has 616 valence electrons. The molecule has 10 aliphatic rings. The average molecular weight is 1890 g/mol. The minimum Gasteiger partial charge on any atom is -1.00 e. The SMILES string of the molecule is CCCCCCCCCCCCI.CCCCCCCCCCCCOC(=O)c1c(F)c(F)c(F)c(F)c1C1=c2cc3c4c(c2Oc2c1cc1c5c2CCCN5C=CC1)CCC[N+]=4CCC3.O=C([O-])c1c(F)c(F)c(F)c(F)c1C1=c2cc3c4c(c2Oc2c1cc1c5c2CCCN5C=CC1)CCC[N+]=4CCC3.O=CO[O-].[2H]CF.[H-].[I-].[K+].[K+]. The summed E-state index contributed by atoms with van der Waals surface area (Å²) in [6.07, 6.45) is 44.2. The number of fused-ring (bicyclic) bond motifs is 8. The topological polar surface area (TPSA) is 147 Å². The molecule has 0 bridgehead atoms. The number of ether oxygens (including phenoxy) is 3. The molecule has 0 atom stereocenters. The number of carbonyl (C=O) groups excluding carboxylic acids is 3. The van der Waals surface area contributed by atoms with Gasteiger partial charge in [0.15, 0.2) is 46.5 Å². The first-order chi connectivity index (χ1) is 55.5. The van der Waals surface area contributed by atoms with Gasteiger partial charge in [-0.1, -0.05) is 164 Å². The first kappa shape index (κ1) is 94.1. The number of nitrogens with zero attached hydrogens (tertiary/aromatic N) is 4. The van der Waals surface area contributed by atoms with E-state index in [1.54, 1.807) is 6.07 Å². The fourth-order valence-corrected chi connectivity index (χ4v) is 19.0. The molecule has 0 aromatic heterocycles. The second kappa shape index (κ2) is 45.8. The van der Waals surface area contributed by atoms with Crippen LogP contribution in [0, 0.1) is 46.5 Å². The third-order valence-corrected chi connectivity index (χ3v) is 24.2. The van der Waals surface area contributed by atoms with Crippen LogP contribution < -0.4 is 187 Å². The molecule has 0 fully saturated rings. The average Bonchev–Trinajstić information content (AvgIpc) is 0.708. The summed E-state index contributed by atoms with van der Waals surface area (Å²) < 4.78 is 164. The molecular weight excluding hydrogens is 1780 g/mol. The maximum atomic E-state index is 16.6. The Labute approximate surface area is 792 Å². The third-order valence-electron chi connectivity index (χ3n) is 23.5. The number of esters is 1. The standard InChI is InChI=1S/C44H49F4N2O3.C32H24F4N2O3.C12H25I.CH3F.CH2O3.HI.2K.H/c1-2-3-4-5-6-7-8-9-10-11-24-52-44(51)35-34(36(45)38(47)39(48)37(35)46)33-31-25-27-16-12-20-49-22-14-18-29(40(27)49)42(31)53-43-30-19-15-23-50-21-13-17-28(41(30)50)26-32(33)43;33-24-22(23(32(39)40)25(34)27(36)26(24)35)21-19-13-15-5-1-9-37-11-3-7-17(28(15)37)30(19)41-31-18-8-4-12-38-10-2-6-16(29(18)38)14-20(21)31;1-2-3-4-5-6-7-8-9-10-11-12-13;1-2;2-1-4-3;;;;/h12,20,25-26H,2-11,13-19,21-24H2,1H3;1,9,13-14H,2-8,10-12H2;2-12H2,1H3;1H3;1,3H;1H;;;/q+1;;;;;;2*+1;-1/p-2/i;;;1D;;;;;. The quantitative estimate of drug-likeness (QED) is 0.00431. The Morgan fingerprint density at radius 3 is 1.28 bits per heavy atom. The van der Waals surface area contributed by atoms with E-state index >= 15 is 26.3 Å². The van der Waals surface area contributed by atoms with Crippen molar-refractivity contribution in [1.29, 1.82) is 0 Å². The monoisotopic (exact) mass is 1890 g/mol. The maximum Gasteiger partial charge on any atom is 1.00 e. The van der Waals surface area contributed by atoms with Crippen molar-refractivity contribution in [2.45, 2.75) is 232 Å². The molecule has 0 spiro atoms. The first-order valence-electron chi connectivity index (χ1n) is 41.7. The summed E-state index contributed by atoms with van der Waals surface area (Å²) in [6.45, 7) is 9.55. The number of aromatic carboxylic acids is 1. The molecule has 10 aliphatic heterocycles. The number of alkyl halides is 2. The number of carbonyl (C=O) groups is 3. The Bertz CT molecular complexity index is 4970. The molecule has 0 saturated heterocycles. The number of rotatable bonds is 26. The molecular formula is C90H103F9I2K2N4O9. The van der Waals surface area contributed by atoms with Crippen LogP contribution >= 0.6 is 22.6 Å². The smallest absolute Gasteiger partial charge is 1.00 e. The van der Waals surface area contributed by atoms with Gasteiger partial charge in [-0.15, -0.1) is 0 Å². The number of allylic oxidation sites excluding steroid dienone is 2. The zero-order valence-electron chi connectivity index (χ0n) is 69.2. The van der Waals surface area contributed by atoms with Crippen LogP contribution in [0.5, 0.6) is 23.0 Å². The van der Waals surface area contributed by atoms with E-state index in [0.717, 1.165) is 189 Å². The number of hydrogen-bond donors (Lipinski definition) is 0. The van der Waals surface area contributed by atoms with Crippen LogP contribution in [0.3, 0.4) is 0 Å². The minimum atomic E-state index is -2.18. The molecule has 0 aliphatic carbocycles. The first-order valence-corrected chi connectivity index (χ1v) is 42.5. The number of benzene rings is 6. The maximum absolute atomic E-state index is 16.6. The van der Waals surface area contributed by atoms with Crippen molar-refractivity contribution in [2.24, 2.45) is 0 Å². The zero-order chi connectivity index (χ0) is 80.7. The van der Waals surface area contributed by atoms with E-state index in [2.05, 4.69) is 72.6 Å². The molecule has 26 heteroatoms. The summed E-state index contributed by atoms with van der Waals surface area (Å²) in [5.41, 5.74) is 6.91. The minimum absolute atomic E-state index is 0. The largest absolute Gasteiger partial charge is 1.00 e. The molecule has 0 unspecified atom stereocenters. The van der Waals surface area contributed by atoms with Crippen molar-refractivity contribution in [3.05, 3.63) is 194 Å². The van der Waals surface area contributed by atoms with Crippen molar-refractivity contribution in [2.75, 3.05) is 67.3 Å². The molecule has 116 heavy (non-hydrogen) atoms.